The molecule has 1 atom stereocenters. The number of urea groups is 1. The molecule has 2 aromatic carbocycles. The minimum Gasteiger partial charge on any atom is -0.457 e. The molecule has 0 radical (unpaired) electrons. The van der Waals surface area contributed by atoms with E-state index in [1.807, 2.05) is 54.6 Å². The number of para-hydroxylation sites is 1. The van der Waals surface area contributed by atoms with Gasteiger partial charge in [0.05, 0.1) is 6.04 Å². The average Bonchev–Trinajstić information content (AvgIpc) is 2.87. The Balaban J connectivity index is 1.71. The molecule has 2 amide bonds. The first-order chi connectivity index (χ1) is 9.31. The highest BCUT2D eigenvalue weighted by Gasteiger charge is 2.21. The Morgan fingerprint density at radius 3 is 2.26 bits per heavy atom. The second-order valence-corrected chi connectivity index (χ2v) is 4.39. The topological polar surface area (TPSA) is 50.4 Å². The van der Waals surface area contributed by atoms with Crippen LogP contribution in [-0.2, 0) is 0 Å². The zero-order chi connectivity index (χ0) is 13.1. The van der Waals surface area contributed by atoms with Gasteiger partial charge in [0.15, 0.2) is 0 Å². The Kier molecular flexibility index (Phi) is 3.06. The fourth-order valence-electron chi connectivity index (χ4n) is 2.05. The minimum absolute atomic E-state index is 0.0401. The Morgan fingerprint density at radius 1 is 0.947 bits per heavy atom. The van der Waals surface area contributed by atoms with Crippen LogP contribution in [0.3, 0.4) is 0 Å². The number of amides is 2. The molecule has 4 nitrogen and oxygen atoms in total. The lowest BCUT2D eigenvalue weighted by Crippen LogP contribution is -2.21. The Bertz CT molecular complexity index is 566. The Labute approximate surface area is 111 Å². The van der Waals surface area contributed by atoms with E-state index in [-0.39, 0.29) is 12.1 Å². The van der Waals surface area contributed by atoms with Crippen molar-refractivity contribution in [2.45, 2.75) is 6.04 Å². The summed E-state index contributed by atoms with van der Waals surface area (Å²) in [4.78, 5) is 11.1. The summed E-state index contributed by atoms with van der Waals surface area (Å²) < 4.78 is 5.71. The molecular formula is C15H14N2O2. The largest absolute Gasteiger partial charge is 0.457 e. The molecular weight excluding hydrogens is 240 g/mol. The Morgan fingerprint density at radius 2 is 1.63 bits per heavy atom. The quantitative estimate of drug-likeness (QED) is 0.884. The molecule has 1 heterocycles. The lowest BCUT2D eigenvalue weighted by Gasteiger charge is -2.10. The SMILES string of the molecule is O=C1NCC(c2ccc(Oc3ccccc3)cc2)N1. The van der Waals surface area contributed by atoms with Crippen LogP contribution in [0.15, 0.2) is 54.6 Å². The van der Waals surface area contributed by atoms with Crippen molar-refractivity contribution in [2.75, 3.05) is 6.54 Å². The van der Waals surface area contributed by atoms with Crippen LogP contribution in [0.2, 0.25) is 0 Å². The smallest absolute Gasteiger partial charge is 0.315 e. The summed E-state index contributed by atoms with van der Waals surface area (Å²) in [5, 5.41) is 5.59. The van der Waals surface area contributed by atoms with E-state index in [4.69, 9.17) is 4.74 Å². The zero-order valence-electron chi connectivity index (χ0n) is 10.3. The molecule has 1 fully saturated rings. The van der Waals surface area contributed by atoms with Crippen molar-refractivity contribution >= 4 is 6.03 Å². The first kappa shape index (κ1) is 11.6. The minimum atomic E-state index is -0.116. The van der Waals surface area contributed by atoms with Gasteiger partial charge in [0.25, 0.3) is 0 Å². The molecule has 19 heavy (non-hydrogen) atoms. The van der Waals surface area contributed by atoms with E-state index in [1.165, 1.54) is 0 Å². The van der Waals surface area contributed by atoms with E-state index in [9.17, 15) is 4.79 Å². The summed E-state index contributed by atoms with van der Waals surface area (Å²) in [6, 6.07) is 17.3. The van der Waals surface area contributed by atoms with Crippen LogP contribution in [0.25, 0.3) is 0 Å². The van der Waals surface area contributed by atoms with Gasteiger partial charge >= 0.3 is 6.03 Å². The van der Waals surface area contributed by atoms with Gasteiger partial charge in [0.2, 0.25) is 0 Å². The third-order valence-electron chi connectivity index (χ3n) is 3.03. The predicted octanol–water partition coefficient (Wildman–Crippen LogP) is 2.83. The van der Waals surface area contributed by atoms with Crippen molar-refractivity contribution < 1.29 is 9.53 Å². The van der Waals surface area contributed by atoms with E-state index in [2.05, 4.69) is 10.6 Å². The third kappa shape index (κ3) is 2.68. The number of carbonyl (C=O) groups excluding carboxylic acids is 1. The van der Waals surface area contributed by atoms with Gasteiger partial charge in [-0.1, -0.05) is 30.3 Å². The molecule has 1 aliphatic rings. The first-order valence-electron chi connectivity index (χ1n) is 6.18. The van der Waals surface area contributed by atoms with Gasteiger partial charge in [0, 0.05) is 6.54 Å². The number of benzene rings is 2. The number of rotatable bonds is 3. The number of carbonyl (C=O) groups is 1. The van der Waals surface area contributed by atoms with E-state index in [0.717, 1.165) is 17.1 Å². The normalized spacial score (nSPS) is 17.7. The summed E-state index contributed by atoms with van der Waals surface area (Å²) >= 11 is 0. The fourth-order valence-corrected chi connectivity index (χ4v) is 2.05. The van der Waals surface area contributed by atoms with Crippen LogP contribution in [0.1, 0.15) is 11.6 Å². The van der Waals surface area contributed by atoms with Crippen LogP contribution in [0.5, 0.6) is 11.5 Å². The molecule has 0 saturated carbocycles. The molecule has 96 valence electrons. The molecule has 1 saturated heterocycles. The molecule has 1 aliphatic heterocycles. The molecule has 3 rings (SSSR count). The molecule has 0 aliphatic carbocycles. The van der Waals surface area contributed by atoms with Gasteiger partial charge in [0.1, 0.15) is 11.5 Å². The number of hydrogen-bond donors (Lipinski definition) is 2. The monoisotopic (exact) mass is 254 g/mol. The van der Waals surface area contributed by atoms with Crippen LogP contribution >= 0.6 is 0 Å². The number of nitrogens with one attached hydrogen (secondary N) is 2. The average molecular weight is 254 g/mol. The number of ether oxygens (including phenoxy) is 1. The molecule has 4 heteroatoms. The summed E-state index contributed by atoms with van der Waals surface area (Å²) in [5.74, 6) is 1.60. The highest BCUT2D eigenvalue weighted by Crippen LogP contribution is 2.23. The van der Waals surface area contributed by atoms with Crippen molar-refractivity contribution in [1.82, 2.24) is 10.6 Å². The number of hydrogen-bond acceptors (Lipinski definition) is 2. The maximum Gasteiger partial charge on any atom is 0.315 e. The maximum atomic E-state index is 11.1. The molecule has 0 spiro atoms. The molecule has 0 aromatic heterocycles. The van der Waals surface area contributed by atoms with Crippen LogP contribution < -0.4 is 15.4 Å². The van der Waals surface area contributed by atoms with E-state index in [1.54, 1.807) is 0 Å². The van der Waals surface area contributed by atoms with Crippen LogP contribution in [0, 0.1) is 0 Å². The lowest BCUT2D eigenvalue weighted by atomic mass is 10.1. The second-order valence-electron chi connectivity index (χ2n) is 4.39. The van der Waals surface area contributed by atoms with Crippen molar-refractivity contribution in [3.8, 4) is 11.5 Å². The standard InChI is InChI=1S/C15H14N2O2/c18-15-16-10-14(17-15)11-6-8-13(9-7-11)19-12-4-2-1-3-5-12/h1-9,14H,10H2,(H2,16,17,18). The van der Waals surface area contributed by atoms with Gasteiger partial charge in [-0.3, -0.25) is 0 Å². The van der Waals surface area contributed by atoms with Gasteiger partial charge in [-0.25, -0.2) is 4.79 Å². The van der Waals surface area contributed by atoms with Gasteiger partial charge in [-0.05, 0) is 29.8 Å². The van der Waals surface area contributed by atoms with Crippen LogP contribution in [0.4, 0.5) is 4.79 Å². The third-order valence-corrected chi connectivity index (χ3v) is 3.03. The Hall–Kier alpha value is -2.49. The van der Waals surface area contributed by atoms with E-state index < -0.39 is 0 Å². The second kappa shape index (κ2) is 5.02. The van der Waals surface area contributed by atoms with Gasteiger partial charge in [-0.2, -0.15) is 0 Å². The fraction of sp³-hybridized carbons (Fsp3) is 0.133. The zero-order valence-corrected chi connectivity index (χ0v) is 10.3. The van der Waals surface area contributed by atoms with Crippen molar-refractivity contribution in [1.29, 1.82) is 0 Å². The van der Waals surface area contributed by atoms with Gasteiger partial charge < -0.3 is 15.4 Å². The molecule has 1 unspecified atom stereocenters. The van der Waals surface area contributed by atoms with Crippen molar-refractivity contribution in [3.63, 3.8) is 0 Å². The summed E-state index contributed by atoms with van der Waals surface area (Å²) in [6.07, 6.45) is 0. The van der Waals surface area contributed by atoms with Crippen LogP contribution in [-0.4, -0.2) is 12.6 Å². The van der Waals surface area contributed by atoms with Gasteiger partial charge in [-0.15, -0.1) is 0 Å². The highest BCUT2D eigenvalue weighted by molar-refractivity contribution is 5.76. The highest BCUT2D eigenvalue weighted by atomic mass is 16.5. The summed E-state index contributed by atoms with van der Waals surface area (Å²) in [5.41, 5.74) is 1.07. The molecule has 0 bridgehead atoms. The summed E-state index contributed by atoms with van der Waals surface area (Å²) in [7, 11) is 0. The maximum absolute atomic E-state index is 11.1. The van der Waals surface area contributed by atoms with E-state index in [0.29, 0.717) is 6.54 Å². The first-order valence-corrected chi connectivity index (χ1v) is 6.18. The predicted molar refractivity (Wildman–Crippen MR) is 72.2 cm³/mol. The van der Waals surface area contributed by atoms with Crippen molar-refractivity contribution in [3.05, 3.63) is 60.2 Å². The lowest BCUT2D eigenvalue weighted by molar-refractivity contribution is 0.247. The van der Waals surface area contributed by atoms with E-state index >= 15 is 0 Å². The molecule has 2 N–H and O–H groups in total. The molecule has 2 aromatic rings. The van der Waals surface area contributed by atoms with Crippen molar-refractivity contribution in [2.24, 2.45) is 0 Å². The summed E-state index contributed by atoms with van der Waals surface area (Å²) in [6.45, 7) is 0.623.